The number of carbonyl (C=O) groups excluding carboxylic acids is 4. The highest BCUT2D eigenvalue weighted by Crippen LogP contribution is 2.19. The van der Waals surface area contributed by atoms with Crippen molar-refractivity contribution in [1.29, 1.82) is 0 Å². The Morgan fingerprint density at radius 2 is 1.68 bits per heavy atom. The number of aliphatic carboxylic acids is 1. The van der Waals surface area contributed by atoms with Crippen molar-refractivity contribution in [3.8, 4) is 0 Å². The molecule has 1 aromatic heterocycles. The molecule has 0 aliphatic heterocycles. The van der Waals surface area contributed by atoms with Gasteiger partial charge in [0.2, 0.25) is 23.6 Å². The maximum absolute atomic E-state index is 13.0. The van der Waals surface area contributed by atoms with Crippen LogP contribution < -0.4 is 27.4 Å². The van der Waals surface area contributed by atoms with Crippen molar-refractivity contribution in [2.45, 2.75) is 43.9 Å². The van der Waals surface area contributed by atoms with Crippen molar-refractivity contribution in [1.82, 2.24) is 20.9 Å². The van der Waals surface area contributed by atoms with E-state index in [1.165, 1.54) is 6.92 Å². The molecule has 4 amide bonds. The Morgan fingerprint density at radius 1 is 1.03 bits per heavy atom. The molecule has 0 fully saturated rings. The number of benzene rings is 1. The Kier molecular flexibility index (Phi) is 9.45. The molecule has 12 nitrogen and oxygen atoms in total. The van der Waals surface area contributed by atoms with E-state index in [2.05, 4.69) is 33.6 Å². The molecule has 0 spiro atoms. The number of H-pyrrole nitrogens is 1. The number of aromatic amines is 1. The molecular weight excluding hydrogens is 464 g/mol. The molecule has 184 valence electrons. The first-order valence-corrected chi connectivity index (χ1v) is 11.0. The van der Waals surface area contributed by atoms with E-state index in [0.29, 0.717) is 5.56 Å². The number of carboxylic acid groups (broad SMARTS) is 1. The lowest BCUT2D eigenvalue weighted by molar-refractivity contribution is -0.143. The van der Waals surface area contributed by atoms with E-state index in [1.807, 2.05) is 24.3 Å². The summed E-state index contributed by atoms with van der Waals surface area (Å²) in [5, 5.41) is 17.3. The first-order valence-electron chi connectivity index (χ1n) is 10.4. The summed E-state index contributed by atoms with van der Waals surface area (Å²) in [7, 11) is 0. The molecule has 13 heteroatoms. The number of aromatic nitrogens is 1. The molecule has 0 saturated carbocycles. The molecule has 9 N–H and O–H groups in total. The van der Waals surface area contributed by atoms with Crippen molar-refractivity contribution in [2.24, 2.45) is 11.5 Å². The SMILES string of the molecule is CC(NC(=O)C(N)CS)C(=O)NC(Cc1c[nH]c2ccccc12)C(=O)NC(CC(N)=O)C(=O)O. The van der Waals surface area contributed by atoms with E-state index in [0.717, 1.165) is 10.9 Å². The minimum absolute atomic E-state index is 0.00131. The molecule has 0 radical (unpaired) electrons. The third-order valence-corrected chi connectivity index (χ3v) is 5.43. The Bertz CT molecular complexity index is 1070. The minimum Gasteiger partial charge on any atom is -0.480 e. The standard InChI is InChI=1S/C21H28N6O6S/c1-10(25-19(30)13(22)9-34)18(29)26-15(20(31)27-16(21(32)33)7-17(23)28)6-11-8-24-14-5-3-2-4-12(11)14/h2-5,8,10,13,15-16,24,34H,6-7,9,22H2,1H3,(H2,23,28)(H,25,30)(H,26,29)(H,27,31)(H,32,33). The average Bonchev–Trinajstić information content (AvgIpc) is 3.19. The van der Waals surface area contributed by atoms with Crippen LogP contribution in [0, 0.1) is 0 Å². The van der Waals surface area contributed by atoms with Gasteiger partial charge in [-0.15, -0.1) is 0 Å². The van der Waals surface area contributed by atoms with E-state index in [-0.39, 0.29) is 12.2 Å². The number of thiol groups is 1. The Labute approximate surface area is 200 Å². The van der Waals surface area contributed by atoms with Gasteiger partial charge in [-0.2, -0.15) is 12.6 Å². The van der Waals surface area contributed by atoms with Gasteiger partial charge in [0.15, 0.2) is 0 Å². The summed E-state index contributed by atoms with van der Waals surface area (Å²) in [4.78, 5) is 63.4. The third-order valence-electron chi connectivity index (χ3n) is 5.04. The van der Waals surface area contributed by atoms with Gasteiger partial charge in [0.05, 0.1) is 12.5 Å². The quantitative estimate of drug-likeness (QED) is 0.163. The van der Waals surface area contributed by atoms with E-state index in [4.69, 9.17) is 11.5 Å². The fraction of sp³-hybridized carbons (Fsp3) is 0.381. The molecule has 0 saturated heterocycles. The molecular formula is C21H28N6O6S. The molecule has 34 heavy (non-hydrogen) atoms. The zero-order chi connectivity index (χ0) is 25.4. The number of nitrogens with two attached hydrogens (primary N) is 2. The molecule has 1 aromatic carbocycles. The van der Waals surface area contributed by atoms with Crippen LogP contribution in [0.4, 0.5) is 0 Å². The number of rotatable bonds is 12. The number of amides is 4. The van der Waals surface area contributed by atoms with Gasteiger partial charge < -0.3 is 37.5 Å². The molecule has 2 rings (SSSR count). The molecule has 2 aromatic rings. The van der Waals surface area contributed by atoms with E-state index >= 15 is 0 Å². The van der Waals surface area contributed by atoms with Gasteiger partial charge in [0.25, 0.3) is 0 Å². The summed E-state index contributed by atoms with van der Waals surface area (Å²) >= 11 is 3.94. The van der Waals surface area contributed by atoms with Crippen LogP contribution in [0.25, 0.3) is 10.9 Å². The third kappa shape index (κ3) is 7.22. The van der Waals surface area contributed by atoms with Gasteiger partial charge in [0.1, 0.15) is 18.1 Å². The molecule has 0 bridgehead atoms. The zero-order valence-electron chi connectivity index (χ0n) is 18.4. The van der Waals surface area contributed by atoms with Crippen molar-refractivity contribution < 1.29 is 29.1 Å². The fourth-order valence-corrected chi connectivity index (χ4v) is 3.33. The van der Waals surface area contributed by atoms with Crippen LogP contribution in [-0.4, -0.2) is 69.6 Å². The molecule has 4 unspecified atom stereocenters. The van der Waals surface area contributed by atoms with Crippen LogP contribution in [-0.2, 0) is 30.4 Å². The second-order valence-electron chi connectivity index (χ2n) is 7.71. The average molecular weight is 493 g/mol. The predicted molar refractivity (Wildman–Crippen MR) is 127 cm³/mol. The van der Waals surface area contributed by atoms with Gasteiger partial charge in [-0.25, -0.2) is 4.79 Å². The van der Waals surface area contributed by atoms with E-state index in [1.54, 1.807) is 6.20 Å². The molecule has 0 aliphatic rings. The second-order valence-corrected chi connectivity index (χ2v) is 8.08. The first-order chi connectivity index (χ1) is 16.0. The fourth-order valence-electron chi connectivity index (χ4n) is 3.17. The topological polar surface area (TPSA) is 209 Å². The van der Waals surface area contributed by atoms with Crippen LogP contribution in [0.2, 0.25) is 0 Å². The lowest BCUT2D eigenvalue weighted by Gasteiger charge is -2.23. The zero-order valence-corrected chi connectivity index (χ0v) is 19.3. The Morgan fingerprint density at radius 3 is 2.29 bits per heavy atom. The normalized spacial score (nSPS) is 14.4. The molecule has 0 aliphatic carbocycles. The minimum atomic E-state index is -1.57. The van der Waals surface area contributed by atoms with Crippen LogP contribution >= 0.6 is 12.6 Å². The number of fused-ring (bicyclic) bond motifs is 1. The maximum Gasteiger partial charge on any atom is 0.326 e. The van der Waals surface area contributed by atoms with Gasteiger partial charge in [-0.05, 0) is 18.6 Å². The number of hydrogen-bond acceptors (Lipinski definition) is 7. The second kappa shape index (κ2) is 12.0. The van der Waals surface area contributed by atoms with Crippen LogP contribution in [0.1, 0.15) is 18.9 Å². The summed E-state index contributed by atoms with van der Waals surface area (Å²) in [6.07, 6.45) is 1.05. The number of hydrogen-bond donors (Lipinski definition) is 8. The lowest BCUT2D eigenvalue weighted by Crippen LogP contribution is -2.57. The van der Waals surface area contributed by atoms with Crippen molar-refractivity contribution in [3.05, 3.63) is 36.0 Å². The van der Waals surface area contributed by atoms with Crippen molar-refractivity contribution in [3.63, 3.8) is 0 Å². The summed E-state index contributed by atoms with van der Waals surface area (Å²) in [5.74, 6) is -4.42. The molecule has 1 heterocycles. The summed E-state index contributed by atoms with van der Waals surface area (Å²) in [6.45, 7) is 1.41. The largest absolute Gasteiger partial charge is 0.480 e. The maximum atomic E-state index is 13.0. The number of primary amides is 1. The smallest absolute Gasteiger partial charge is 0.326 e. The highest BCUT2D eigenvalue weighted by atomic mass is 32.1. The van der Waals surface area contributed by atoms with E-state index < -0.39 is 60.2 Å². The highest BCUT2D eigenvalue weighted by Gasteiger charge is 2.30. The van der Waals surface area contributed by atoms with Gasteiger partial charge in [0, 0.05) is 29.3 Å². The summed E-state index contributed by atoms with van der Waals surface area (Å²) in [6, 6.07) is 2.54. The summed E-state index contributed by atoms with van der Waals surface area (Å²) in [5.41, 5.74) is 12.2. The number of carbonyl (C=O) groups is 5. The predicted octanol–water partition coefficient (Wildman–Crippen LogP) is -1.60. The highest BCUT2D eigenvalue weighted by molar-refractivity contribution is 7.80. The molecule has 4 atom stereocenters. The number of carboxylic acids is 1. The van der Waals surface area contributed by atoms with Gasteiger partial charge in [-0.1, -0.05) is 18.2 Å². The van der Waals surface area contributed by atoms with Crippen molar-refractivity contribution >= 4 is 53.1 Å². The Hall–Kier alpha value is -3.58. The summed E-state index contributed by atoms with van der Waals surface area (Å²) < 4.78 is 0. The monoisotopic (exact) mass is 492 g/mol. The van der Waals surface area contributed by atoms with Gasteiger partial charge in [-0.3, -0.25) is 19.2 Å². The van der Waals surface area contributed by atoms with E-state index in [9.17, 15) is 29.1 Å². The van der Waals surface area contributed by atoms with Crippen LogP contribution in [0.3, 0.4) is 0 Å². The van der Waals surface area contributed by atoms with Crippen LogP contribution in [0.15, 0.2) is 30.5 Å². The van der Waals surface area contributed by atoms with Gasteiger partial charge >= 0.3 is 5.97 Å². The lowest BCUT2D eigenvalue weighted by atomic mass is 10.0. The van der Waals surface area contributed by atoms with Crippen molar-refractivity contribution in [2.75, 3.05) is 5.75 Å². The number of nitrogens with one attached hydrogen (secondary N) is 4. The Balaban J connectivity index is 2.24. The number of para-hydroxylation sites is 1. The first kappa shape index (κ1) is 26.7. The van der Waals surface area contributed by atoms with Crippen LogP contribution in [0.5, 0.6) is 0 Å².